The molecule has 0 fully saturated rings. The monoisotopic (exact) mass is 610 g/mol. The van der Waals surface area contributed by atoms with E-state index in [1.54, 1.807) is 26.4 Å². The van der Waals surface area contributed by atoms with Crippen LogP contribution in [0.4, 0.5) is 0 Å². The normalized spacial score (nSPS) is 22.1. The second-order valence-corrected chi connectivity index (χ2v) is 17.0. The average Bonchev–Trinajstić information content (AvgIpc) is 2.98. The lowest BCUT2D eigenvalue weighted by atomic mass is 10.0. The lowest BCUT2D eigenvalue weighted by molar-refractivity contribution is -0.125. The van der Waals surface area contributed by atoms with Gasteiger partial charge < -0.3 is 28.5 Å². The summed E-state index contributed by atoms with van der Waals surface area (Å²) in [6.45, 7) is 11.8. The molecule has 0 unspecified atom stereocenters. The van der Waals surface area contributed by atoms with Gasteiger partial charge in [0.2, 0.25) is 0 Å². The second kappa shape index (κ2) is 15.6. The van der Waals surface area contributed by atoms with Crippen molar-refractivity contribution in [3.63, 3.8) is 0 Å². The van der Waals surface area contributed by atoms with Gasteiger partial charge in [-0.15, -0.1) is 0 Å². The Morgan fingerprint density at radius 2 is 1.19 bits per heavy atom. The Bertz CT molecular complexity index is 1240. The third kappa shape index (κ3) is 10.5. The van der Waals surface area contributed by atoms with Crippen LogP contribution in [-0.4, -0.2) is 63.6 Å². The number of methoxy groups -OCH3 is 2. The van der Waals surface area contributed by atoms with Crippen LogP contribution < -0.4 is 9.47 Å². The molecule has 4 atom stereocenters. The fraction of sp³-hybridized carbons (Fsp3) is 0.471. The van der Waals surface area contributed by atoms with Crippen molar-refractivity contribution in [2.75, 3.05) is 14.2 Å². The Hall–Kier alpha value is -3.08. The maximum Gasteiger partial charge on any atom is 0.193 e. The van der Waals surface area contributed by atoms with Gasteiger partial charge in [-0.2, -0.15) is 0 Å². The summed E-state index contributed by atoms with van der Waals surface area (Å²) in [5, 5.41) is 9.49. The van der Waals surface area contributed by atoms with Crippen molar-refractivity contribution in [2.24, 2.45) is 0 Å². The van der Waals surface area contributed by atoms with Crippen LogP contribution in [-0.2, 0) is 36.7 Å². The van der Waals surface area contributed by atoms with Crippen LogP contribution >= 0.6 is 0 Å². The highest BCUT2D eigenvalue weighted by molar-refractivity contribution is 6.74. The first-order valence-electron chi connectivity index (χ1n) is 14.6. The number of carbonyl (C=O) groups excluding carboxylic acids is 2. The van der Waals surface area contributed by atoms with E-state index in [0.29, 0.717) is 26.1 Å². The first kappa shape index (κ1) is 34.4. The van der Waals surface area contributed by atoms with Crippen LogP contribution in [0.5, 0.6) is 11.5 Å². The number of aliphatic hydroxyl groups is 1. The highest BCUT2D eigenvalue weighted by Crippen LogP contribution is 2.38. The Balaban J connectivity index is 0.000000248. The molecule has 8 nitrogen and oxygen atoms in total. The van der Waals surface area contributed by atoms with Gasteiger partial charge in [-0.05, 0) is 65.7 Å². The van der Waals surface area contributed by atoms with Gasteiger partial charge in [0.1, 0.15) is 23.7 Å². The summed E-state index contributed by atoms with van der Waals surface area (Å²) in [6, 6.07) is 15.4. The lowest BCUT2D eigenvalue weighted by Gasteiger charge is -2.39. The van der Waals surface area contributed by atoms with Crippen molar-refractivity contribution in [1.82, 2.24) is 0 Å². The molecule has 2 aromatic rings. The molecule has 0 saturated heterocycles. The molecule has 2 aliphatic rings. The number of hydrogen-bond donors (Lipinski definition) is 1. The first-order valence-corrected chi connectivity index (χ1v) is 17.5. The number of hydrogen-bond acceptors (Lipinski definition) is 8. The van der Waals surface area contributed by atoms with Gasteiger partial charge in [0, 0.05) is 12.8 Å². The summed E-state index contributed by atoms with van der Waals surface area (Å²) in [4.78, 5) is 23.3. The van der Waals surface area contributed by atoms with Crippen molar-refractivity contribution in [3.8, 4) is 11.5 Å². The van der Waals surface area contributed by atoms with Gasteiger partial charge >= 0.3 is 0 Å². The van der Waals surface area contributed by atoms with Gasteiger partial charge in [0.25, 0.3) is 0 Å². The quantitative estimate of drug-likeness (QED) is 0.329. The summed E-state index contributed by atoms with van der Waals surface area (Å²) in [5.74, 6) is 1.43. The fourth-order valence-electron chi connectivity index (χ4n) is 4.18. The Morgan fingerprint density at radius 3 is 1.60 bits per heavy atom. The summed E-state index contributed by atoms with van der Waals surface area (Å²) < 4.78 is 28.1. The lowest BCUT2D eigenvalue weighted by Crippen LogP contribution is -2.47. The first-order chi connectivity index (χ1) is 20.3. The topological polar surface area (TPSA) is 101 Å². The van der Waals surface area contributed by atoms with E-state index in [9.17, 15) is 14.7 Å². The predicted octanol–water partition coefficient (Wildman–Crippen LogP) is 5.97. The SMILES string of the molecule is COc1ccc(CO[C@@H]2C=CC(=O)[C@@H](O)C2)cc1.COc1ccc(CO[C@@H]2C=CC(=O)[C@@H](O[Si](C)(C)C(C)(C)C)C2)cc1. The van der Waals surface area contributed by atoms with E-state index in [-0.39, 0.29) is 28.8 Å². The van der Waals surface area contributed by atoms with E-state index in [4.69, 9.17) is 23.4 Å². The zero-order valence-electron chi connectivity index (χ0n) is 26.4. The molecule has 4 rings (SSSR count). The smallest absolute Gasteiger partial charge is 0.193 e. The van der Waals surface area contributed by atoms with Crippen LogP contribution in [0.3, 0.4) is 0 Å². The number of ether oxygens (including phenoxy) is 4. The molecule has 0 spiro atoms. The number of ketones is 2. The van der Waals surface area contributed by atoms with E-state index in [2.05, 4.69) is 33.9 Å². The number of aliphatic hydroxyl groups excluding tert-OH is 1. The minimum Gasteiger partial charge on any atom is -0.497 e. The molecular formula is C34H46O8Si. The van der Waals surface area contributed by atoms with Crippen LogP contribution in [0.1, 0.15) is 44.7 Å². The molecule has 2 aromatic carbocycles. The van der Waals surface area contributed by atoms with Gasteiger partial charge in [0.15, 0.2) is 19.9 Å². The third-order valence-corrected chi connectivity index (χ3v) is 12.5. The van der Waals surface area contributed by atoms with Gasteiger partial charge in [0.05, 0.1) is 39.6 Å². The van der Waals surface area contributed by atoms with Crippen molar-refractivity contribution in [2.45, 2.75) is 89.4 Å². The molecule has 1 N–H and O–H groups in total. The molecule has 0 bridgehead atoms. The summed E-state index contributed by atoms with van der Waals surface area (Å²) in [6.07, 6.45) is 5.80. The van der Waals surface area contributed by atoms with E-state index in [0.717, 1.165) is 22.6 Å². The molecule has 0 saturated carbocycles. The van der Waals surface area contributed by atoms with E-state index in [1.807, 2.05) is 54.6 Å². The summed E-state index contributed by atoms with van der Waals surface area (Å²) in [5.41, 5.74) is 2.10. The standard InChI is InChI=1S/C20H30O4Si.C14H16O4/c1-20(2,3)25(5,6)24-19-13-17(11-12-18(19)21)23-14-15-7-9-16(22-4)10-8-15;1-17-11-4-2-10(3-5-11)9-18-12-6-7-13(15)14(16)8-12/h7-12,17,19H,13-14H2,1-6H3;2-7,12,14,16H,8-9H2,1H3/t17-,19+;12-,14+/m11/s1. The van der Waals surface area contributed by atoms with Crippen molar-refractivity contribution < 1.29 is 38.1 Å². The number of benzene rings is 2. The molecule has 9 heteroatoms. The second-order valence-electron chi connectivity index (χ2n) is 12.3. The average molecular weight is 611 g/mol. The van der Waals surface area contributed by atoms with E-state index >= 15 is 0 Å². The van der Waals surface area contributed by atoms with Gasteiger partial charge in [-0.1, -0.05) is 57.2 Å². The summed E-state index contributed by atoms with van der Waals surface area (Å²) >= 11 is 0. The van der Waals surface area contributed by atoms with Crippen LogP contribution in [0.15, 0.2) is 72.8 Å². The zero-order valence-corrected chi connectivity index (χ0v) is 27.4. The Kier molecular flexibility index (Phi) is 12.5. The van der Waals surface area contributed by atoms with Crippen LogP contribution in [0, 0.1) is 0 Å². The van der Waals surface area contributed by atoms with Gasteiger partial charge in [-0.3, -0.25) is 9.59 Å². The van der Waals surface area contributed by atoms with E-state index in [1.165, 1.54) is 6.08 Å². The minimum atomic E-state index is -1.99. The highest BCUT2D eigenvalue weighted by atomic mass is 28.4. The van der Waals surface area contributed by atoms with Gasteiger partial charge in [-0.25, -0.2) is 0 Å². The Morgan fingerprint density at radius 1 is 0.744 bits per heavy atom. The summed E-state index contributed by atoms with van der Waals surface area (Å²) in [7, 11) is 1.29. The molecule has 0 aliphatic heterocycles. The third-order valence-electron chi connectivity index (χ3n) is 7.99. The van der Waals surface area contributed by atoms with Crippen molar-refractivity contribution in [1.29, 1.82) is 0 Å². The molecule has 43 heavy (non-hydrogen) atoms. The fourth-order valence-corrected chi connectivity index (χ4v) is 5.46. The molecule has 2 aliphatic carbocycles. The molecule has 0 aromatic heterocycles. The molecule has 0 heterocycles. The van der Waals surface area contributed by atoms with Crippen LogP contribution in [0.2, 0.25) is 18.1 Å². The minimum absolute atomic E-state index is 0.0501. The predicted molar refractivity (Wildman–Crippen MR) is 169 cm³/mol. The Labute approximate surface area is 256 Å². The van der Waals surface area contributed by atoms with Crippen molar-refractivity contribution in [3.05, 3.63) is 84.0 Å². The van der Waals surface area contributed by atoms with Crippen molar-refractivity contribution >= 4 is 19.9 Å². The maximum atomic E-state index is 12.2. The number of rotatable bonds is 10. The van der Waals surface area contributed by atoms with Crippen LogP contribution in [0.25, 0.3) is 0 Å². The molecule has 0 amide bonds. The largest absolute Gasteiger partial charge is 0.497 e. The molecule has 234 valence electrons. The zero-order chi connectivity index (χ0) is 31.6. The highest BCUT2D eigenvalue weighted by Gasteiger charge is 2.41. The number of carbonyl (C=O) groups is 2. The van der Waals surface area contributed by atoms with E-state index < -0.39 is 20.5 Å². The molecular weight excluding hydrogens is 564 g/mol. The maximum absolute atomic E-state index is 12.2. The molecule has 0 radical (unpaired) electrons.